The van der Waals surface area contributed by atoms with E-state index in [9.17, 15) is 17.8 Å². The van der Waals surface area contributed by atoms with Crippen LogP contribution in [0.25, 0.3) is 6.08 Å². The normalized spacial score (nSPS) is 20.5. The van der Waals surface area contributed by atoms with Gasteiger partial charge in [-0.1, -0.05) is 38.8 Å². The minimum atomic E-state index is -3.35. The molecule has 0 saturated carbocycles. The van der Waals surface area contributed by atoms with Crippen LogP contribution in [0.3, 0.4) is 0 Å². The molecule has 1 aliphatic heterocycles. The molecular formula is C22H28F2N4O2S. The van der Waals surface area contributed by atoms with E-state index >= 15 is 0 Å². The van der Waals surface area contributed by atoms with Gasteiger partial charge in [0.25, 0.3) is 5.91 Å². The molecule has 1 aromatic heterocycles. The van der Waals surface area contributed by atoms with Crippen molar-refractivity contribution in [3.63, 3.8) is 0 Å². The largest absolute Gasteiger partial charge is 0.345 e. The van der Waals surface area contributed by atoms with E-state index in [1.54, 1.807) is 13.1 Å². The topological polar surface area (TPSA) is 87.0 Å². The second-order valence-electron chi connectivity index (χ2n) is 7.85. The number of anilines is 1. The van der Waals surface area contributed by atoms with Crippen LogP contribution >= 0.6 is 0 Å². The Morgan fingerprint density at radius 3 is 2.55 bits per heavy atom. The van der Waals surface area contributed by atoms with Crippen LogP contribution in [0, 0.1) is 22.3 Å². The molecule has 0 bridgehead atoms. The number of halogens is 2. The Morgan fingerprint density at radius 1 is 1.26 bits per heavy atom. The molecule has 3 N–H and O–H groups in total. The average Bonchev–Trinajstić information content (AvgIpc) is 2.99. The summed E-state index contributed by atoms with van der Waals surface area (Å²) < 4.78 is 53.0. The number of carbonyl (C=O) groups excluding carboxylic acids is 1. The second-order valence-corrected chi connectivity index (χ2v) is 9.63. The summed E-state index contributed by atoms with van der Waals surface area (Å²) >= 11 is 0. The van der Waals surface area contributed by atoms with Gasteiger partial charge in [0.1, 0.15) is 15.6 Å². The summed E-state index contributed by atoms with van der Waals surface area (Å²) in [5, 5.41) is 2.55. The van der Waals surface area contributed by atoms with Crippen LogP contribution < -0.4 is 10.0 Å². The predicted molar refractivity (Wildman–Crippen MR) is 118 cm³/mol. The summed E-state index contributed by atoms with van der Waals surface area (Å²) in [6.45, 7) is 4.19. The first-order valence-electron chi connectivity index (χ1n) is 10.4. The molecule has 6 nitrogen and oxygen atoms in total. The standard InChI is InChI=1S/C22H28F2N4O2S/c1-4-6-14(7-5-2)19-11-9-16-20(31(25,30)27-19)13-28(3)21(16)22(29)26-15-8-10-17(23)18(24)12-15/h8-14,19H,4-7H2,1-3H3,(H,26,29)(H2,25,27,30)/t19-,31?/m1/s1. The summed E-state index contributed by atoms with van der Waals surface area (Å²) in [4.78, 5) is 13.2. The van der Waals surface area contributed by atoms with Crippen LogP contribution in [0.4, 0.5) is 14.5 Å². The molecule has 1 aliphatic rings. The number of benzene rings is 1. The average molecular weight is 451 g/mol. The first-order chi connectivity index (χ1) is 14.7. The maximum Gasteiger partial charge on any atom is 0.272 e. The van der Waals surface area contributed by atoms with Crippen molar-refractivity contribution in [2.75, 3.05) is 5.32 Å². The first-order valence-corrected chi connectivity index (χ1v) is 11.9. The molecule has 2 aromatic rings. The van der Waals surface area contributed by atoms with Crippen molar-refractivity contribution in [3.05, 3.63) is 53.4 Å². The maximum atomic E-state index is 13.5. The molecule has 0 aliphatic carbocycles. The van der Waals surface area contributed by atoms with Crippen molar-refractivity contribution in [1.82, 2.24) is 9.29 Å². The highest BCUT2D eigenvalue weighted by Gasteiger charge is 2.30. The van der Waals surface area contributed by atoms with E-state index in [4.69, 9.17) is 4.78 Å². The lowest BCUT2D eigenvalue weighted by atomic mass is 9.90. The van der Waals surface area contributed by atoms with Gasteiger partial charge >= 0.3 is 0 Å². The molecule has 0 radical (unpaired) electrons. The highest BCUT2D eigenvalue weighted by Crippen LogP contribution is 2.30. The van der Waals surface area contributed by atoms with E-state index in [-0.39, 0.29) is 28.2 Å². The monoisotopic (exact) mass is 450 g/mol. The van der Waals surface area contributed by atoms with Gasteiger partial charge in [0.2, 0.25) is 0 Å². The SMILES string of the molecule is CCCC(CCC)[C@H]1C=Cc2c(cn(C)c2C(=O)Nc2ccc(F)c(F)c2)S(=N)(=O)N1. The smallest absolute Gasteiger partial charge is 0.272 e. The van der Waals surface area contributed by atoms with Crippen molar-refractivity contribution >= 4 is 27.6 Å². The molecule has 0 spiro atoms. The van der Waals surface area contributed by atoms with E-state index in [1.165, 1.54) is 16.8 Å². The van der Waals surface area contributed by atoms with Gasteiger partial charge in [0.15, 0.2) is 11.6 Å². The second kappa shape index (κ2) is 9.32. The van der Waals surface area contributed by atoms with Crippen molar-refractivity contribution < 1.29 is 17.8 Å². The highest BCUT2D eigenvalue weighted by molar-refractivity contribution is 7.90. The summed E-state index contributed by atoms with van der Waals surface area (Å²) in [5.41, 5.74) is 0.690. The van der Waals surface area contributed by atoms with E-state index in [0.29, 0.717) is 5.56 Å². The van der Waals surface area contributed by atoms with Gasteiger partial charge in [-0.2, -0.15) is 0 Å². The van der Waals surface area contributed by atoms with Crippen LogP contribution in [-0.2, 0) is 17.0 Å². The zero-order chi connectivity index (χ0) is 22.8. The number of nitrogens with zero attached hydrogens (tertiary/aromatic N) is 1. The number of nitrogens with one attached hydrogen (secondary N) is 3. The summed E-state index contributed by atoms with van der Waals surface area (Å²) in [6.07, 6.45) is 8.97. The number of aromatic nitrogens is 1. The number of hydrogen-bond donors (Lipinski definition) is 3. The van der Waals surface area contributed by atoms with Gasteiger partial charge in [-0.05, 0) is 30.9 Å². The van der Waals surface area contributed by atoms with Gasteiger partial charge < -0.3 is 9.88 Å². The van der Waals surface area contributed by atoms with Crippen molar-refractivity contribution in [2.45, 2.75) is 50.5 Å². The Balaban J connectivity index is 1.98. The lowest BCUT2D eigenvalue weighted by Crippen LogP contribution is -2.37. The molecule has 2 heterocycles. The number of carbonyl (C=O) groups is 1. The molecule has 2 atom stereocenters. The molecule has 1 unspecified atom stereocenters. The van der Waals surface area contributed by atoms with Crippen LogP contribution in [-0.4, -0.2) is 20.7 Å². The molecular weight excluding hydrogens is 422 g/mol. The Hall–Kier alpha value is -2.52. The Labute approximate surface area is 181 Å². The van der Waals surface area contributed by atoms with E-state index in [1.807, 2.05) is 6.08 Å². The van der Waals surface area contributed by atoms with Crippen LogP contribution in [0.2, 0.25) is 0 Å². The van der Waals surface area contributed by atoms with E-state index in [2.05, 4.69) is 23.9 Å². The van der Waals surface area contributed by atoms with Crippen molar-refractivity contribution in [1.29, 1.82) is 4.78 Å². The third kappa shape index (κ3) is 4.88. The molecule has 3 rings (SSSR count). The minimum absolute atomic E-state index is 0.102. The first kappa shape index (κ1) is 23.1. The molecule has 1 amide bonds. The lowest BCUT2D eigenvalue weighted by Gasteiger charge is -2.25. The zero-order valence-corrected chi connectivity index (χ0v) is 18.7. The van der Waals surface area contributed by atoms with Crippen molar-refractivity contribution in [2.24, 2.45) is 13.0 Å². The molecule has 1 aromatic carbocycles. The van der Waals surface area contributed by atoms with Crippen LogP contribution in [0.5, 0.6) is 0 Å². The quantitative estimate of drug-likeness (QED) is 0.550. The number of fused-ring (bicyclic) bond motifs is 1. The summed E-state index contributed by atoms with van der Waals surface area (Å²) in [5.74, 6) is -2.41. The fourth-order valence-electron chi connectivity index (χ4n) is 4.05. The van der Waals surface area contributed by atoms with Gasteiger partial charge in [0.05, 0.1) is 4.90 Å². The third-order valence-corrected chi connectivity index (χ3v) is 7.03. The molecule has 0 fully saturated rings. The summed E-state index contributed by atoms with van der Waals surface area (Å²) in [7, 11) is -1.73. The molecule has 0 saturated heterocycles. The Morgan fingerprint density at radius 2 is 1.94 bits per heavy atom. The van der Waals surface area contributed by atoms with Crippen LogP contribution in [0.15, 0.2) is 35.4 Å². The number of hydrogen-bond acceptors (Lipinski definition) is 3. The number of aryl methyl sites for hydroxylation is 1. The molecule has 31 heavy (non-hydrogen) atoms. The zero-order valence-electron chi connectivity index (χ0n) is 17.9. The minimum Gasteiger partial charge on any atom is -0.345 e. The predicted octanol–water partition coefficient (Wildman–Crippen LogP) is 5.08. The molecule has 9 heteroatoms. The van der Waals surface area contributed by atoms with Gasteiger partial charge in [-0.25, -0.2) is 22.5 Å². The Bertz CT molecular complexity index is 1100. The fraction of sp³-hybridized carbons (Fsp3) is 0.409. The fourth-order valence-corrected chi connectivity index (χ4v) is 5.61. The molecule has 168 valence electrons. The maximum absolute atomic E-state index is 13.5. The number of amides is 1. The van der Waals surface area contributed by atoms with E-state index < -0.39 is 27.5 Å². The van der Waals surface area contributed by atoms with Gasteiger partial charge in [-0.3, -0.25) is 4.79 Å². The van der Waals surface area contributed by atoms with Gasteiger partial charge in [-0.15, -0.1) is 0 Å². The van der Waals surface area contributed by atoms with Crippen LogP contribution in [0.1, 0.15) is 55.6 Å². The van der Waals surface area contributed by atoms with Crippen molar-refractivity contribution in [3.8, 4) is 0 Å². The highest BCUT2D eigenvalue weighted by atomic mass is 32.2. The lowest BCUT2D eigenvalue weighted by molar-refractivity contribution is 0.101. The van der Waals surface area contributed by atoms with Gasteiger partial charge in [0, 0.05) is 36.6 Å². The Kier molecular flexibility index (Phi) is 6.96. The summed E-state index contributed by atoms with van der Waals surface area (Å²) in [6, 6.07) is 2.85. The van der Waals surface area contributed by atoms with E-state index in [0.717, 1.165) is 37.8 Å². The third-order valence-electron chi connectivity index (χ3n) is 5.49. The number of rotatable bonds is 7.